The van der Waals surface area contributed by atoms with Crippen molar-refractivity contribution in [2.75, 3.05) is 25.5 Å². The monoisotopic (exact) mass is 343 g/mol. The number of rotatable bonds is 3. The van der Waals surface area contributed by atoms with Gasteiger partial charge in [-0.05, 0) is 32.4 Å². The summed E-state index contributed by atoms with van der Waals surface area (Å²) in [7, 11) is 0. The van der Waals surface area contributed by atoms with Crippen molar-refractivity contribution >= 4 is 11.8 Å². The van der Waals surface area contributed by atoms with Crippen LogP contribution in [0.5, 0.6) is 0 Å². The van der Waals surface area contributed by atoms with Gasteiger partial charge in [-0.3, -0.25) is 4.90 Å². The van der Waals surface area contributed by atoms with E-state index >= 15 is 0 Å². The first-order chi connectivity index (χ1) is 11.7. The van der Waals surface area contributed by atoms with Crippen LogP contribution in [0.25, 0.3) is 5.69 Å². The van der Waals surface area contributed by atoms with Gasteiger partial charge in [0.15, 0.2) is 0 Å². The Morgan fingerprint density at radius 3 is 2.92 bits per heavy atom. The maximum absolute atomic E-state index is 5.68. The minimum Gasteiger partial charge on any atom is -0.380 e. The van der Waals surface area contributed by atoms with Crippen molar-refractivity contribution in [1.82, 2.24) is 14.7 Å². The molecular weight excluding hydrogens is 318 g/mol. The third-order valence-electron chi connectivity index (χ3n) is 5.25. The maximum atomic E-state index is 5.68. The van der Waals surface area contributed by atoms with Gasteiger partial charge in [0.1, 0.15) is 0 Å². The molecule has 5 heteroatoms. The summed E-state index contributed by atoms with van der Waals surface area (Å²) in [5.41, 5.74) is 4.94. The van der Waals surface area contributed by atoms with Crippen LogP contribution in [0.4, 0.5) is 0 Å². The van der Waals surface area contributed by atoms with Gasteiger partial charge < -0.3 is 4.74 Å². The van der Waals surface area contributed by atoms with Gasteiger partial charge in [0, 0.05) is 48.0 Å². The lowest BCUT2D eigenvalue weighted by Crippen LogP contribution is -2.51. The van der Waals surface area contributed by atoms with Crippen molar-refractivity contribution in [2.45, 2.75) is 38.1 Å². The number of benzene rings is 1. The zero-order chi connectivity index (χ0) is 16.5. The highest BCUT2D eigenvalue weighted by Crippen LogP contribution is 2.32. The number of aryl methyl sites for hydroxylation is 1. The normalized spacial score (nSPS) is 24.8. The Morgan fingerprint density at radius 2 is 2.08 bits per heavy atom. The van der Waals surface area contributed by atoms with E-state index in [1.165, 1.54) is 23.6 Å². The second kappa shape index (κ2) is 6.90. The van der Waals surface area contributed by atoms with Gasteiger partial charge in [-0.1, -0.05) is 18.2 Å². The van der Waals surface area contributed by atoms with Crippen molar-refractivity contribution in [2.24, 2.45) is 0 Å². The molecule has 2 saturated heterocycles. The largest absolute Gasteiger partial charge is 0.380 e. The average Bonchev–Trinajstić information content (AvgIpc) is 2.91. The maximum Gasteiger partial charge on any atom is 0.0648 e. The predicted molar refractivity (Wildman–Crippen MR) is 98.9 cm³/mol. The summed E-state index contributed by atoms with van der Waals surface area (Å²) < 4.78 is 7.77. The lowest BCUT2D eigenvalue weighted by Gasteiger charge is -2.43. The second-order valence-electron chi connectivity index (χ2n) is 6.71. The summed E-state index contributed by atoms with van der Waals surface area (Å²) in [5, 5.41) is 5.45. The van der Waals surface area contributed by atoms with E-state index in [0.29, 0.717) is 11.3 Å². The van der Waals surface area contributed by atoms with E-state index in [1.807, 2.05) is 6.07 Å². The second-order valence-corrected chi connectivity index (χ2v) is 8.05. The Balaban J connectivity index is 1.59. The van der Waals surface area contributed by atoms with Crippen molar-refractivity contribution in [3.63, 3.8) is 0 Å². The van der Waals surface area contributed by atoms with Gasteiger partial charge in [-0.25, -0.2) is 4.68 Å². The molecule has 2 fully saturated rings. The number of nitrogens with zero attached hydrogens (tertiary/aromatic N) is 3. The molecule has 2 aliphatic rings. The standard InChI is InChI=1S/C19H25N3OS/c1-14-17(15(2)22(20-14)16-6-4-3-5-7-16)12-21-9-11-24-19-13-23-10-8-18(19)21/h3-7,18-19H,8-13H2,1-2H3/t18-,19-/m1/s1. The molecule has 4 rings (SSSR count). The SMILES string of the molecule is Cc1nn(-c2ccccc2)c(C)c1CN1CCS[C@@H]2COCC[C@H]21. The minimum absolute atomic E-state index is 0.636. The third-order valence-corrected chi connectivity index (χ3v) is 6.55. The Labute approximate surface area is 148 Å². The van der Waals surface area contributed by atoms with Crippen LogP contribution in [-0.2, 0) is 11.3 Å². The number of fused-ring (bicyclic) bond motifs is 1. The summed E-state index contributed by atoms with van der Waals surface area (Å²) in [5.74, 6) is 1.20. The van der Waals surface area contributed by atoms with E-state index in [9.17, 15) is 0 Å². The summed E-state index contributed by atoms with van der Waals surface area (Å²) in [6, 6.07) is 11.1. The van der Waals surface area contributed by atoms with Crippen molar-refractivity contribution in [1.29, 1.82) is 0 Å². The number of para-hydroxylation sites is 1. The first kappa shape index (κ1) is 16.2. The van der Waals surface area contributed by atoms with Crippen LogP contribution in [0.3, 0.4) is 0 Å². The molecule has 0 spiro atoms. The van der Waals surface area contributed by atoms with Gasteiger partial charge in [-0.15, -0.1) is 0 Å². The molecule has 0 N–H and O–H groups in total. The molecule has 0 radical (unpaired) electrons. The van der Waals surface area contributed by atoms with E-state index in [2.05, 4.69) is 59.5 Å². The van der Waals surface area contributed by atoms with Crippen LogP contribution in [0.15, 0.2) is 30.3 Å². The quantitative estimate of drug-likeness (QED) is 0.856. The average molecular weight is 343 g/mol. The van der Waals surface area contributed by atoms with Crippen LogP contribution >= 0.6 is 11.8 Å². The lowest BCUT2D eigenvalue weighted by molar-refractivity contribution is 0.0350. The molecule has 3 heterocycles. The van der Waals surface area contributed by atoms with E-state index in [-0.39, 0.29) is 0 Å². The summed E-state index contributed by atoms with van der Waals surface area (Å²) in [6.45, 7) is 8.32. The molecule has 4 nitrogen and oxygen atoms in total. The number of hydrogen-bond donors (Lipinski definition) is 0. The molecular formula is C19H25N3OS. The van der Waals surface area contributed by atoms with E-state index in [0.717, 1.165) is 37.6 Å². The topological polar surface area (TPSA) is 30.3 Å². The van der Waals surface area contributed by atoms with Crippen molar-refractivity contribution in [3.05, 3.63) is 47.3 Å². The summed E-state index contributed by atoms with van der Waals surface area (Å²) in [6.07, 6.45) is 1.16. The lowest BCUT2D eigenvalue weighted by atomic mass is 10.0. The highest BCUT2D eigenvalue weighted by Gasteiger charge is 2.35. The van der Waals surface area contributed by atoms with Gasteiger partial charge in [-0.2, -0.15) is 16.9 Å². The summed E-state index contributed by atoms with van der Waals surface area (Å²) in [4.78, 5) is 2.66. The highest BCUT2D eigenvalue weighted by atomic mass is 32.2. The molecule has 2 aromatic rings. The number of ether oxygens (including phenoxy) is 1. The van der Waals surface area contributed by atoms with Crippen LogP contribution in [0, 0.1) is 13.8 Å². The molecule has 2 aliphatic heterocycles. The Hall–Kier alpha value is -1.30. The Morgan fingerprint density at radius 1 is 1.25 bits per heavy atom. The van der Waals surface area contributed by atoms with Gasteiger partial charge in [0.2, 0.25) is 0 Å². The Kier molecular flexibility index (Phi) is 4.66. The van der Waals surface area contributed by atoms with Crippen LogP contribution in [-0.4, -0.2) is 51.5 Å². The van der Waals surface area contributed by atoms with Crippen LogP contribution < -0.4 is 0 Å². The van der Waals surface area contributed by atoms with Crippen molar-refractivity contribution in [3.8, 4) is 5.69 Å². The van der Waals surface area contributed by atoms with Crippen LogP contribution in [0.1, 0.15) is 23.4 Å². The number of aromatic nitrogens is 2. The van der Waals surface area contributed by atoms with E-state index in [4.69, 9.17) is 9.84 Å². The van der Waals surface area contributed by atoms with Gasteiger partial charge in [0.25, 0.3) is 0 Å². The molecule has 0 unspecified atom stereocenters. The minimum atomic E-state index is 0.636. The van der Waals surface area contributed by atoms with Gasteiger partial charge >= 0.3 is 0 Å². The van der Waals surface area contributed by atoms with E-state index < -0.39 is 0 Å². The number of thioether (sulfide) groups is 1. The molecule has 0 saturated carbocycles. The zero-order valence-corrected chi connectivity index (χ0v) is 15.3. The molecule has 24 heavy (non-hydrogen) atoms. The zero-order valence-electron chi connectivity index (χ0n) is 14.4. The molecule has 0 amide bonds. The van der Waals surface area contributed by atoms with Crippen LogP contribution in [0.2, 0.25) is 0 Å². The molecule has 2 atom stereocenters. The van der Waals surface area contributed by atoms with E-state index in [1.54, 1.807) is 0 Å². The smallest absolute Gasteiger partial charge is 0.0648 e. The first-order valence-corrected chi connectivity index (χ1v) is 9.83. The molecule has 128 valence electrons. The molecule has 1 aromatic heterocycles. The molecule has 1 aromatic carbocycles. The summed E-state index contributed by atoms with van der Waals surface area (Å²) >= 11 is 2.08. The first-order valence-electron chi connectivity index (χ1n) is 8.78. The number of hydrogen-bond acceptors (Lipinski definition) is 4. The third kappa shape index (κ3) is 3.01. The van der Waals surface area contributed by atoms with Gasteiger partial charge in [0.05, 0.1) is 18.0 Å². The van der Waals surface area contributed by atoms with Crippen molar-refractivity contribution < 1.29 is 4.74 Å². The molecule has 0 bridgehead atoms. The fourth-order valence-electron chi connectivity index (χ4n) is 3.89. The fraction of sp³-hybridized carbons (Fsp3) is 0.526. The Bertz CT molecular complexity index is 698. The predicted octanol–water partition coefficient (Wildman–Crippen LogP) is 3.20. The molecule has 0 aliphatic carbocycles. The fourth-order valence-corrected chi connectivity index (χ4v) is 5.25. The highest BCUT2D eigenvalue weighted by molar-refractivity contribution is 8.00.